The number of anilines is 1. The minimum atomic E-state index is -0.507. The Hall–Kier alpha value is -3.02. The molecule has 2 aromatic carbocycles. The van der Waals surface area contributed by atoms with Gasteiger partial charge in [-0.2, -0.15) is 0 Å². The lowest BCUT2D eigenvalue weighted by Gasteiger charge is -2.13. The molecule has 1 aliphatic heterocycles. The van der Waals surface area contributed by atoms with Crippen molar-refractivity contribution in [3.05, 3.63) is 65.0 Å². The smallest absolute Gasteiger partial charge is 0.266 e. The van der Waals surface area contributed by atoms with Crippen LogP contribution in [-0.2, 0) is 0 Å². The molecule has 0 radical (unpaired) electrons. The third-order valence-corrected chi connectivity index (χ3v) is 4.92. The summed E-state index contributed by atoms with van der Waals surface area (Å²) in [5, 5.41) is 2.97. The quantitative estimate of drug-likeness (QED) is 0.862. The van der Waals surface area contributed by atoms with Crippen molar-refractivity contribution in [2.45, 2.75) is 31.7 Å². The molecule has 2 aliphatic rings. The third-order valence-electron chi connectivity index (χ3n) is 4.92. The van der Waals surface area contributed by atoms with Gasteiger partial charge in [-0.3, -0.25) is 14.4 Å². The van der Waals surface area contributed by atoms with Crippen LogP contribution in [0, 0.1) is 5.82 Å². The van der Waals surface area contributed by atoms with Gasteiger partial charge >= 0.3 is 0 Å². The minimum Gasteiger partial charge on any atom is -0.349 e. The Bertz CT molecular complexity index is 902. The molecular formula is C20H17FN2O3. The highest BCUT2D eigenvalue weighted by atomic mass is 19.1. The zero-order valence-electron chi connectivity index (χ0n) is 14.0. The Labute approximate surface area is 149 Å². The number of hydrogen-bond acceptors (Lipinski definition) is 3. The molecule has 1 saturated carbocycles. The van der Waals surface area contributed by atoms with Crippen LogP contribution in [0.3, 0.4) is 0 Å². The van der Waals surface area contributed by atoms with Gasteiger partial charge in [-0.05, 0) is 55.3 Å². The van der Waals surface area contributed by atoms with E-state index in [1.165, 1.54) is 36.4 Å². The fraction of sp³-hybridized carbons (Fsp3) is 0.250. The topological polar surface area (TPSA) is 66.5 Å². The SMILES string of the molecule is O=C(NC1CCCC1)c1ccc2c(c1)C(=O)N(c1ccc(F)cc1)C2=O. The van der Waals surface area contributed by atoms with Crippen molar-refractivity contribution in [3.63, 3.8) is 0 Å². The minimum absolute atomic E-state index is 0.170. The summed E-state index contributed by atoms with van der Waals surface area (Å²) in [6, 6.07) is 9.84. The van der Waals surface area contributed by atoms with Crippen LogP contribution in [0.25, 0.3) is 0 Å². The maximum Gasteiger partial charge on any atom is 0.266 e. The summed E-state index contributed by atoms with van der Waals surface area (Å²) in [6.07, 6.45) is 4.14. The second kappa shape index (κ2) is 6.37. The summed E-state index contributed by atoms with van der Waals surface area (Å²) in [7, 11) is 0. The van der Waals surface area contributed by atoms with Gasteiger partial charge in [-0.1, -0.05) is 12.8 Å². The van der Waals surface area contributed by atoms with Gasteiger partial charge < -0.3 is 5.32 Å². The first-order valence-electron chi connectivity index (χ1n) is 8.64. The fourth-order valence-corrected chi connectivity index (χ4v) is 3.55. The molecule has 0 saturated heterocycles. The Morgan fingerprint density at radius 2 is 1.62 bits per heavy atom. The van der Waals surface area contributed by atoms with Gasteiger partial charge in [-0.15, -0.1) is 0 Å². The first kappa shape index (κ1) is 16.4. The number of rotatable bonds is 3. The number of halogens is 1. The van der Waals surface area contributed by atoms with Crippen LogP contribution in [0.1, 0.15) is 56.8 Å². The highest BCUT2D eigenvalue weighted by molar-refractivity contribution is 6.34. The molecule has 4 rings (SSSR count). The van der Waals surface area contributed by atoms with E-state index in [9.17, 15) is 18.8 Å². The zero-order chi connectivity index (χ0) is 18.3. The first-order chi connectivity index (χ1) is 12.5. The summed E-state index contributed by atoms with van der Waals surface area (Å²) in [5.74, 6) is -1.66. The summed E-state index contributed by atoms with van der Waals surface area (Å²) >= 11 is 0. The number of amides is 3. The number of hydrogen-bond donors (Lipinski definition) is 1. The molecule has 26 heavy (non-hydrogen) atoms. The number of fused-ring (bicyclic) bond motifs is 1. The predicted octanol–water partition coefficient (Wildman–Crippen LogP) is 3.30. The molecule has 0 atom stereocenters. The molecule has 0 bridgehead atoms. The van der Waals surface area contributed by atoms with E-state index in [1.807, 2.05) is 0 Å². The monoisotopic (exact) mass is 352 g/mol. The van der Waals surface area contributed by atoms with Crippen molar-refractivity contribution in [1.29, 1.82) is 0 Å². The summed E-state index contributed by atoms with van der Waals surface area (Å²) < 4.78 is 13.1. The van der Waals surface area contributed by atoms with Crippen LogP contribution in [-0.4, -0.2) is 23.8 Å². The van der Waals surface area contributed by atoms with Crippen molar-refractivity contribution < 1.29 is 18.8 Å². The van der Waals surface area contributed by atoms with E-state index < -0.39 is 17.6 Å². The maximum absolute atomic E-state index is 13.1. The molecule has 0 unspecified atom stereocenters. The van der Waals surface area contributed by atoms with Gasteiger partial charge in [-0.25, -0.2) is 9.29 Å². The molecule has 2 aromatic rings. The molecule has 132 valence electrons. The molecular weight excluding hydrogens is 335 g/mol. The van der Waals surface area contributed by atoms with Gasteiger partial charge in [0, 0.05) is 11.6 Å². The fourth-order valence-electron chi connectivity index (χ4n) is 3.55. The molecule has 1 fully saturated rings. The van der Waals surface area contributed by atoms with Crippen molar-refractivity contribution in [1.82, 2.24) is 5.32 Å². The number of imide groups is 1. The molecule has 5 nitrogen and oxygen atoms in total. The molecule has 0 aromatic heterocycles. The summed E-state index contributed by atoms with van der Waals surface area (Å²) in [4.78, 5) is 38.7. The number of benzene rings is 2. The van der Waals surface area contributed by atoms with Crippen molar-refractivity contribution in [2.75, 3.05) is 4.90 Å². The standard InChI is InChI=1S/C20H17FN2O3/c21-13-6-8-15(9-7-13)23-19(25)16-10-5-12(11-17(16)20(23)26)18(24)22-14-3-1-2-4-14/h5-11,14H,1-4H2,(H,22,24). The molecule has 1 N–H and O–H groups in total. The molecule has 1 heterocycles. The average Bonchev–Trinajstić information content (AvgIpc) is 3.23. The zero-order valence-corrected chi connectivity index (χ0v) is 14.0. The lowest BCUT2D eigenvalue weighted by Crippen LogP contribution is -2.32. The average molecular weight is 352 g/mol. The molecule has 0 spiro atoms. The molecule has 1 aliphatic carbocycles. The van der Waals surface area contributed by atoms with Crippen LogP contribution in [0.15, 0.2) is 42.5 Å². The van der Waals surface area contributed by atoms with Crippen molar-refractivity contribution in [2.24, 2.45) is 0 Å². The lowest BCUT2D eigenvalue weighted by atomic mass is 10.0. The summed E-state index contributed by atoms with van der Waals surface area (Å²) in [5.41, 5.74) is 1.10. The molecule has 3 amide bonds. The second-order valence-corrected chi connectivity index (χ2v) is 6.64. The largest absolute Gasteiger partial charge is 0.349 e. The van der Waals surface area contributed by atoms with Gasteiger partial charge in [0.05, 0.1) is 16.8 Å². The van der Waals surface area contributed by atoms with E-state index in [2.05, 4.69) is 5.32 Å². The Morgan fingerprint density at radius 1 is 0.962 bits per heavy atom. The number of nitrogens with zero attached hydrogens (tertiary/aromatic N) is 1. The Balaban J connectivity index is 1.61. The van der Waals surface area contributed by atoms with Crippen LogP contribution >= 0.6 is 0 Å². The second-order valence-electron chi connectivity index (χ2n) is 6.64. The first-order valence-corrected chi connectivity index (χ1v) is 8.64. The normalized spacial score (nSPS) is 16.9. The summed E-state index contributed by atoms with van der Waals surface area (Å²) in [6.45, 7) is 0. The van der Waals surface area contributed by atoms with E-state index in [0.29, 0.717) is 11.3 Å². The highest BCUT2D eigenvalue weighted by Gasteiger charge is 2.37. The van der Waals surface area contributed by atoms with E-state index in [-0.39, 0.29) is 23.1 Å². The maximum atomic E-state index is 13.1. The van der Waals surface area contributed by atoms with Gasteiger partial charge in [0.25, 0.3) is 17.7 Å². The lowest BCUT2D eigenvalue weighted by molar-refractivity contribution is 0.0921. The van der Waals surface area contributed by atoms with E-state index >= 15 is 0 Å². The van der Waals surface area contributed by atoms with Crippen molar-refractivity contribution >= 4 is 23.4 Å². The number of nitrogens with one attached hydrogen (secondary N) is 1. The van der Waals surface area contributed by atoms with Crippen LogP contribution < -0.4 is 10.2 Å². The predicted molar refractivity (Wildman–Crippen MR) is 93.7 cm³/mol. The number of carbonyl (C=O) groups is 3. The highest BCUT2D eigenvalue weighted by Crippen LogP contribution is 2.29. The van der Waals surface area contributed by atoms with E-state index in [1.54, 1.807) is 6.07 Å². The Morgan fingerprint density at radius 3 is 2.31 bits per heavy atom. The van der Waals surface area contributed by atoms with Gasteiger partial charge in [0.2, 0.25) is 0 Å². The Kier molecular flexibility index (Phi) is 4.03. The number of carbonyl (C=O) groups excluding carboxylic acids is 3. The van der Waals surface area contributed by atoms with Crippen LogP contribution in [0.4, 0.5) is 10.1 Å². The molecule has 6 heteroatoms. The third kappa shape index (κ3) is 2.77. The van der Waals surface area contributed by atoms with Gasteiger partial charge in [0.15, 0.2) is 0 Å². The van der Waals surface area contributed by atoms with E-state index in [0.717, 1.165) is 30.6 Å². The van der Waals surface area contributed by atoms with Crippen LogP contribution in [0.5, 0.6) is 0 Å². The van der Waals surface area contributed by atoms with Crippen molar-refractivity contribution in [3.8, 4) is 0 Å². The van der Waals surface area contributed by atoms with Crippen LogP contribution in [0.2, 0.25) is 0 Å². The van der Waals surface area contributed by atoms with Gasteiger partial charge in [0.1, 0.15) is 5.82 Å². The van der Waals surface area contributed by atoms with E-state index in [4.69, 9.17) is 0 Å².